The summed E-state index contributed by atoms with van der Waals surface area (Å²) in [5, 5.41) is 9.50. The summed E-state index contributed by atoms with van der Waals surface area (Å²) in [6, 6.07) is 6.69. The first kappa shape index (κ1) is 15.6. The first-order valence-electron chi connectivity index (χ1n) is 6.51. The summed E-state index contributed by atoms with van der Waals surface area (Å²) >= 11 is 3.37. The van der Waals surface area contributed by atoms with E-state index >= 15 is 0 Å². The quantitative estimate of drug-likeness (QED) is 0.867. The highest BCUT2D eigenvalue weighted by atomic mass is 79.9. The van der Waals surface area contributed by atoms with Gasteiger partial charge in [0.2, 0.25) is 0 Å². The molecule has 0 amide bonds. The van der Waals surface area contributed by atoms with Crippen LogP contribution in [0.25, 0.3) is 0 Å². The zero-order valence-corrected chi connectivity index (χ0v) is 13.2. The van der Waals surface area contributed by atoms with Gasteiger partial charge in [-0.3, -0.25) is 19.7 Å². The first-order chi connectivity index (χ1) is 10.1. The summed E-state index contributed by atoms with van der Waals surface area (Å²) in [6.07, 6.45) is 5.61. The third-order valence-corrected chi connectivity index (χ3v) is 3.67. The van der Waals surface area contributed by atoms with Gasteiger partial charge >= 0.3 is 5.97 Å². The van der Waals surface area contributed by atoms with Gasteiger partial charge in [0, 0.05) is 36.0 Å². The number of aromatic nitrogens is 2. The molecule has 0 bridgehead atoms. The predicted octanol–water partition coefficient (Wildman–Crippen LogP) is 2.54. The van der Waals surface area contributed by atoms with Crippen LogP contribution >= 0.6 is 15.9 Å². The van der Waals surface area contributed by atoms with Crippen LogP contribution in [0.5, 0.6) is 0 Å². The van der Waals surface area contributed by atoms with Gasteiger partial charge in [0.1, 0.15) is 6.04 Å². The Balaban J connectivity index is 2.09. The van der Waals surface area contributed by atoms with E-state index in [-0.39, 0.29) is 0 Å². The second-order valence-electron chi connectivity index (χ2n) is 4.72. The lowest BCUT2D eigenvalue weighted by Crippen LogP contribution is -2.32. The van der Waals surface area contributed by atoms with Gasteiger partial charge in [0.25, 0.3) is 0 Å². The number of nitrogens with zero attached hydrogens (tertiary/aromatic N) is 3. The van der Waals surface area contributed by atoms with Gasteiger partial charge in [0.15, 0.2) is 0 Å². The zero-order valence-electron chi connectivity index (χ0n) is 11.6. The maximum atomic E-state index is 11.6. The van der Waals surface area contributed by atoms with E-state index in [0.717, 1.165) is 15.7 Å². The standard InChI is InChI=1S/C15H16BrN3O2/c1-19(8-5-13-10-17-6-7-18-13)14(15(20)21)11-3-2-4-12(16)9-11/h2-4,6-7,9-10,14H,5,8H2,1H3,(H,20,21). The van der Waals surface area contributed by atoms with Crippen LogP contribution in [-0.4, -0.2) is 39.5 Å². The van der Waals surface area contributed by atoms with E-state index in [4.69, 9.17) is 0 Å². The molecule has 0 saturated heterocycles. The van der Waals surface area contributed by atoms with Gasteiger partial charge < -0.3 is 5.11 Å². The fraction of sp³-hybridized carbons (Fsp3) is 0.267. The first-order valence-corrected chi connectivity index (χ1v) is 7.30. The Hall–Kier alpha value is -1.79. The van der Waals surface area contributed by atoms with E-state index in [2.05, 4.69) is 25.9 Å². The Morgan fingerprint density at radius 1 is 1.43 bits per heavy atom. The number of hydrogen-bond acceptors (Lipinski definition) is 4. The summed E-state index contributed by atoms with van der Waals surface area (Å²) in [7, 11) is 1.80. The Bertz CT molecular complexity index is 607. The van der Waals surface area contributed by atoms with Crippen LogP contribution < -0.4 is 0 Å². The van der Waals surface area contributed by atoms with E-state index < -0.39 is 12.0 Å². The van der Waals surface area contributed by atoms with E-state index in [1.807, 2.05) is 24.3 Å². The molecule has 110 valence electrons. The number of aliphatic carboxylic acids is 1. The second-order valence-corrected chi connectivity index (χ2v) is 5.64. The van der Waals surface area contributed by atoms with Crippen molar-refractivity contribution in [2.75, 3.05) is 13.6 Å². The van der Waals surface area contributed by atoms with E-state index in [9.17, 15) is 9.90 Å². The molecule has 0 aliphatic carbocycles. The van der Waals surface area contributed by atoms with Gasteiger partial charge in [-0.2, -0.15) is 0 Å². The van der Waals surface area contributed by atoms with Gasteiger partial charge in [-0.25, -0.2) is 0 Å². The molecule has 5 nitrogen and oxygen atoms in total. The summed E-state index contributed by atoms with van der Waals surface area (Å²) in [5.74, 6) is -0.866. The Kier molecular flexibility index (Phi) is 5.41. The van der Waals surface area contributed by atoms with Crippen LogP contribution in [0.4, 0.5) is 0 Å². The van der Waals surface area contributed by atoms with Crippen molar-refractivity contribution < 1.29 is 9.90 Å². The zero-order chi connectivity index (χ0) is 15.2. The smallest absolute Gasteiger partial charge is 0.325 e. The molecule has 1 atom stereocenters. The highest BCUT2D eigenvalue weighted by Crippen LogP contribution is 2.23. The van der Waals surface area contributed by atoms with Crippen LogP contribution in [0.2, 0.25) is 0 Å². The van der Waals surface area contributed by atoms with Crippen LogP contribution in [0.3, 0.4) is 0 Å². The number of carboxylic acid groups (broad SMARTS) is 1. The number of carboxylic acids is 1. The lowest BCUT2D eigenvalue weighted by atomic mass is 10.1. The maximum absolute atomic E-state index is 11.6. The van der Waals surface area contributed by atoms with Crippen molar-refractivity contribution in [2.45, 2.75) is 12.5 Å². The van der Waals surface area contributed by atoms with Crippen LogP contribution in [0, 0.1) is 0 Å². The normalized spacial score (nSPS) is 12.3. The molecule has 0 radical (unpaired) electrons. The fourth-order valence-electron chi connectivity index (χ4n) is 2.14. The van der Waals surface area contributed by atoms with Crippen LogP contribution in [0.15, 0.2) is 47.3 Å². The summed E-state index contributed by atoms with van der Waals surface area (Å²) < 4.78 is 0.869. The molecule has 1 heterocycles. The topological polar surface area (TPSA) is 66.3 Å². The Morgan fingerprint density at radius 2 is 2.24 bits per heavy atom. The van der Waals surface area contributed by atoms with Gasteiger partial charge in [-0.15, -0.1) is 0 Å². The van der Waals surface area contributed by atoms with Gasteiger partial charge in [-0.05, 0) is 24.7 Å². The van der Waals surface area contributed by atoms with Crippen LogP contribution in [-0.2, 0) is 11.2 Å². The highest BCUT2D eigenvalue weighted by molar-refractivity contribution is 9.10. The van der Waals surface area contributed by atoms with Crippen LogP contribution in [0.1, 0.15) is 17.3 Å². The van der Waals surface area contributed by atoms with Crippen molar-refractivity contribution in [3.8, 4) is 0 Å². The number of hydrogen-bond donors (Lipinski definition) is 1. The number of benzene rings is 1. The summed E-state index contributed by atoms with van der Waals surface area (Å²) in [5.41, 5.74) is 1.60. The molecule has 0 saturated carbocycles. The minimum Gasteiger partial charge on any atom is -0.480 e. The lowest BCUT2D eigenvalue weighted by Gasteiger charge is -2.25. The number of likely N-dealkylation sites (N-methyl/N-ethyl adjacent to an activating group) is 1. The van der Waals surface area contributed by atoms with Crippen molar-refractivity contribution in [3.05, 3.63) is 58.6 Å². The highest BCUT2D eigenvalue weighted by Gasteiger charge is 2.24. The van der Waals surface area contributed by atoms with Crippen molar-refractivity contribution >= 4 is 21.9 Å². The minimum absolute atomic E-state index is 0.585. The number of halogens is 1. The Morgan fingerprint density at radius 3 is 2.86 bits per heavy atom. The van der Waals surface area contributed by atoms with Crippen molar-refractivity contribution in [2.24, 2.45) is 0 Å². The average Bonchev–Trinajstić information content (AvgIpc) is 2.46. The van der Waals surface area contributed by atoms with E-state index in [1.165, 1.54) is 0 Å². The molecule has 2 aromatic rings. The molecule has 0 aliphatic heterocycles. The fourth-order valence-corrected chi connectivity index (χ4v) is 2.56. The third-order valence-electron chi connectivity index (χ3n) is 3.18. The average molecular weight is 350 g/mol. The third kappa shape index (κ3) is 4.34. The van der Waals surface area contributed by atoms with Gasteiger partial charge in [0.05, 0.1) is 5.69 Å². The lowest BCUT2D eigenvalue weighted by molar-refractivity contribution is -0.143. The monoisotopic (exact) mass is 349 g/mol. The summed E-state index contributed by atoms with van der Waals surface area (Å²) in [4.78, 5) is 21.6. The van der Waals surface area contributed by atoms with E-state index in [0.29, 0.717) is 13.0 Å². The molecule has 0 fully saturated rings. The Labute approximate surface area is 131 Å². The molecular weight excluding hydrogens is 334 g/mol. The predicted molar refractivity (Wildman–Crippen MR) is 82.9 cm³/mol. The molecule has 0 aliphatic rings. The SMILES string of the molecule is CN(CCc1cnccn1)C(C(=O)O)c1cccc(Br)c1. The summed E-state index contributed by atoms with van der Waals surface area (Å²) in [6.45, 7) is 0.585. The van der Waals surface area contributed by atoms with Crippen molar-refractivity contribution in [1.82, 2.24) is 14.9 Å². The van der Waals surface area contributed by atoms with Crippen molar-refractivity contribution in [3.63, 3.8) is 0 Å². The minimum atomic E-state index is -0.866. The molecule has 0 spiro atoms. The molecule has 2 rings (SSSR count). The number of carbonyl (C=O) groups is 1. The van der Waals surface area contributed by atoms with Crippen molar-refractivity contribution in [1.29, 1.82) is 0 Å². The molecule has 6 heteroatoms. The largest absolute Gasteiger partial charge is 0.480 e. The molecule has 1 aromatic heterocycles. The molecule has 1 N–H and O–H groups in total. The molecule has 21 heavy (non-hydrogen) atoms. The van der Waals surface area contributed by atoms with Gasteiger partial charge in [-0.1, -0.05) is 28.1 Å². The molecule has 1 aromatic carbocycles. The maximum Gasteiger partial charge on any atom is 0.325 e. The molecular formula is C15H16BrN3O2. The van der Waals surface area contributed by atoms with E-state index in [1.54, 1.807) is 30.5 Å². The molecule has 1 unspecified atom stereocenters. The second kappa shape index (κ2) is 7.28. The number of rotatable bonds is 6.